The first-order valence-corrected chi connectivity index (χ1v) is 4.07. The molecule has 0 aromatic heterocycles. The summed E-state index contributed by atoms with van der Waals surface area (Å²) in [5.41, 5.74) is 2.55. The van der Waals surface area contributed by atoms with Gasteiger partial charge in [0.05, 0.1) is 0 Å². The maximum absolute atomic E-state index is 2.12. The molecule has 0 aliphatic heterocycles. The first kappa shape index (κ1) is 13.7. The topological polar surface area (TPSA) is 0 Å². The van der Waals surface area contributed by atoms with Crippen molar-refractivity contribution < 1.29 is 0 Å². The second-order valence-electron chi connectivity index (χ2n) is 2.73. The zero-order valence-corrected chi connectivity index (χ0v) is 11.6. The van der Waals surface area contributed by atoms with Gasteiger partial charge in [-0.05, 0) is 11.1 Å². The Kier molecular flexibility index (Phi) is 6.83. The Hall–Kier alpha value is -0.350. The fourth-order valence-electron chi connectivity index (χ4n) is 1.26. The molecule has 2 heteroatoms. The molecule has 74 valence electrons. The zero-order chi connectivity index (χ0) is 8.23. The van der Waals surface area contributed by atoms with E-state index in [4.69, 9.17) is 0 Å². The van der Waals surface area contributed by atoms with E-state index in [2.05, 4.69) is 48.5 Å². The molecule has 0 radical (unpaired) electrons. The molecule has 0 aliphatic carbocycles. The van der Waals surface area contributed by atoms with Crippen LogP contribution in [0.25, 0.3) is 11.1 Å². The Labute approximate surface area is 112 Å². The summed E-state index contributed by atoms with van der Waals surface area (Å²) < 4.78 is 0. The Morgan fingerprint density at radius 2 is 0.786 bits per heavy atom. The molecule has 0 saturated carbocycles. The van der Waals surface area contributed by atoms with Crippen molar-refractivity contribution in [1.29, 1.82) is 0 Å². The summed E-state index contributed by atoms with van der Waals surface area (Å²) in [6.45, 7) is 0. The lowest BCUT2D eigenvalue weighted by Gasteiger charge is -1.98. The van der Waals surface area contributed by atoms with E-state index in [0.717, 1.165) is 0 Å². The molecule has 14 heavy (non-hydrogen) atoms. The quantitative estimate of drug-likeness (QED) is 0.653. The third-order valence-electron chi connectivity index (χ3n) is 1.88. The van der Waals surface area contributed by atoms with Crippen LogP contribution in [0.2, 0.25) is 0 Å². The average molecular weight is 363 g/mol. The molecule has 2 rings (SSSR count). The van der Waals surface area contributed by atoms with Gasteiger partial charge in [0.25, 0.3) is 0 Å². The minimum atomic E-state index is 0. The third-order valence-corrected chi connectivity index (χ3v) is 1.88. The van der Waals surface area contributed by atoms with Gasteiger partial charge in [-0.1, -0.05) is 60.7 Å². The summed E-state index contributed by atoms with van der Waals surface area (Å²) in [5.74, 6) is 0. The van der Waals surface area contributed by atoms with Crippen LogP contribution in [0.3, 0.4) is 0 Å². The van der Waals surface area contributed by atoms with Gasteiger partial charge in [0.2, 0.25) is 0 Å². The molecule has 2 aromatic carbocycles. The minimum Gasteiger partial charge on any atom is -0.114 e. The predicted molar refractivity (Wildman–Crippen MR) is 77.6 cm³/mol. The maximum Gasteiger partial charge on any atom is -0.0184 e. The number of benzene rings is 2. The summed E-state index contributed by atoms with van der Waals surface area (Å²) in [6.07, 6.45) is 0. The van der Waals surface area contributed by atoms with Crippen molar-refractivity contribution in [2.75, 3.05) is 0 Å². The lowest BCUT2D eigenvalue weighted by atomic mass is 10.1. The first-order chi connectivity index (χ1) is 5.97. The molecular formula is C12H12BrI. The van der Waals surface area contributed by atoms with E-state index >= 15 is 0 Å². The summed E-state index contributed by atoms with van der Waals surface area (Å²) >= 11 is 0. The SMILES string of the molecule is Br.I.c1ccc(-c2ccccc2)cc1. The van der Waals surface area contributed by atoms with Crippen LogP contribution in [0.4, 0.5) is 0 Å². The van der Waals surface area contributed by atoms with Crippen LogP contribution in [0.5, 0.6) is 0 Å². The molecule has 2 aromatic rings. The van der Waals surface area contributed by atoms with Crippen LogP contribution in [0, 0.1) is 0 Å². The number of rotatable bonds is 1. The molecule has 0 amide bonds. The Bertz CT molecular complexity index is 308. The van der Waals surface area contributed by atoms with Crippen molar-refractivity contribution in [2.45, 2.75) is 0 Å². The zero-order valence-electron chi connectivity index (χ0n) is 7.59. The van der Waals surface area contributed by atoms with Crippen LogP contribution in [0.1, 0.15) is 0 Å². The number of hydrogen-bond acceptors (Lipinski definition) is 0. The van der Waals surface area contributed by atoms with Gasteiger partial charge in [-0.25, -0.2) is 0 Å². The monoisotopic (exact) mass is 362 g/mol. The Morgan fingerprint density at radius 3 is 1.07 bits per heavy atom. The van der Waals surface area contributed by atoms with Crippen molar-refractivity contribution in [3.8, 4) is 11.1 Å². The van der Waals surface area contributed by atoms with E-state index in [1.54, 1.807) is 0 Å². The van der Waals surface area contributed by atoms with Crippen LogP contribution in [-0.2, 0) is 0 Å². The van der Waals surface area contributed by atoms with Crippen molar-refractivity contribution in [3.05, 3.63) is 60.7 Å². The van der Waals surface area contributed by atoms with E-state index in [-0.39, 0.29) is 41.0 Å². The van der Waals surface area contributed by atoms with Gasteiger partial charge in [-0.3, -0.25) is 0 Å². The summed E-state index contributed by atoms with van der Waals surface area (Å²) in [7, 11) is 0. The molecule has 0 N–H and O–H groups in total. The fourth-order valence-corrected chi connectivity index (χ4v) is 1.26. The van der Waals surface area contributed by atoms with E-state index in [0.29, 0.717) is 0 Å². The molecule has 0 aliphatic rings. The van der Waals surface area contributed by atoms with E-state index in [1.165, 1.54) is 11.1 Å². The van der Waals surface area contributed by atoms with Crippen molar-refractivity contribution >= 4 is 41.0 Å². The molecule has 0 fully saturated rings. The van der Waals surface area contributed by atoms with E-state index in [9.17, 15) is 0 Å². The Morgan fingerprint density at radius 1 is 0.500 bits per heavy atom. The van der Waals surface area contributed by atoms with Crippen LogP contribution >= 0.6 is 41.0 Å². The van der Waals surface area contributed by atoms with Crippen LogP contribution in [0.15, 0.2) is 60.7 Å². The summed E-state index contributed by atoms with van der Waals surface area (Å²) in [5, 5.41) is 0. The average Bonchev–Trinajstić information content (AvgIpc) is 2.21. The highest BCUT2D eigenvalue weighted by Crippen LogP contribution is 2.17. The largest absolute Gasteiger partial charge is 0.114 e. The molecule has 0 atom stereocenters. The van der Waals surface area contributed by atoms with Crippen molar-refractivity contribution in [1.82, 2.24) is 0 Å². The van der Waals surface area contributed by atoms with Gasteiger partial charge in [-0.15, -0.1) is 41.0 Å². The predicted octanol–water partition coefficient (Wildman–Crippen LogP) is 4.55. The summed E-state index contributed by atoms with van der Waals surface area (Å²) in [6, 6.07) is 20.8. The molecule has 0 heterocycles. The highest BCUT2D eigenvalue weighted by molar-refractivity contribution is 14.0. The van der Waals surface area contributed by atoms with Crippen LogP contribution < -0.4 is 0 Å². The molecular weight excluding hydrogens is 351 g/mol. The second kappa shape index (κ2) is 7.01. The lowest BCUT2D eigenvalue weighted by molar-refractivity contribution is 1.62. The number of hydrogen-bond donors (Lipinski definition) is 0. The van der Waals surface area contributed by atoms with E-state index < -0.39 is 0 Å². The van der Waals surface area contributed by atoms with Crippen molar-refractivity contribution in [3.63, 3.8) is 0 Å². The van der Waals surface area contributed by atoms with Gasteiger partial charge in [-0.2, -0.15) is 0 Å². The normalized spacial score (nSPS) is 8.29. The molecule has 0 bridgehead atoms. The maximum atomic E-state index is 2.12. The Balaban J connectivity index is 0.000000845. The van der Waals surface area contributed by atoms with Crippen LogP contribution in [-0.4, -0.2) is 0 Å². The van der Waals surface area contributed by atoms with E-state index in [1.807, 2.05) is 12.1 Å². The van der Waals surface area contributed by atoms with Gasteiger partial charge in [0.15, 0.2) is 0 Å². The summed E-state index contributed by atoms with van der Waals surface area (Å²) in [4.78, 5) is 0. The van der Waals surface area contributed by atoms with Crippen molar-refractivity contribution in [2.24, 2.45) is 0 Å². The van der Waals surface area contributed by atoms with Gasteiger partial charge >= 0.3 is 0 Å². The molecule has 0 nitrogen and oxygen atoms in total. The molecule has 0 unspecified atom stereocenters. The smallest absolute Gasteiger partial charge is 0.0184 e. The lowest BCUT2D eigenvalue weighted by Crippen LogP contribution is -1.73. The molecule has 0 saturated heterocycles. The van der Waals surface area contributed by atoms with Gasteiger partial charge in [0.1, 0.15) is 0 Å². The highest BCUT2D eigenvalue weighted by Gasteiger charge is 1.91. The first-order valence-electron chi connectivity index (χ1n) is 4.07. The highest BCUT2D eigenvalue weighted by atomic mass is 127. The van der Waals surface area contributed by atoms with Gasteiger partial charge in [0, 0.05) is 0 Å². The molecule has 0 spiro atoms. The minimum absolute atomic E-state index is 0. The fraction of sp³-hybridized carbons (Fsp3) is 0. The standard InChI is InChI=1S/C12H10.BrH.HI/c1-3-7-11(8-4-1)12-9-5-2-6-10-12;;/h1-10H;2*1H. The third kappa shape index (κ3) is 3.42. The van der Waals surface area contributed by atoms with Gasteiger partial charge < -0.3 is 0 Å². The second-order valence-corrected chi connectivity index (χ2v) is 2.73. The number of halogens is 2.